The summed E-state index contributed by atoms with van der Waals surface area (Å²) >= 11 is 1.51. The van der Waals surface area contributed by atoms with Gasteiger partial charge in [0.05, 0.1) is 12.5 Å². The molecule has 0 fully saturated rings. The standard InChI is InChI=1S/C10H13N5.C6H6N4S/c1-7(2)3-4-10(11)8-9(13-5-12-8)14-6-15-10;1-11-6-7-2-4-5(10-6)9-3-8-4/h5-6H,1,3-4,11H2,2H3;2-3H,1H3,(H,7,8,9,10). The lowest BCUT2D eigenvalue weighted by Gasteiger charge is -2.26. The Morgan fingerprint density at radius 3 is 2.92 bits per heavy atom. The smallest absolute Gasteiger partial charge is 0.189 e. The Labute approximate surface area is 154 Å². The number of thioether (sulfide) groups is 1. The van der Waals surface area contributed by atoms with Gasteiger partial charge in [0.25, 0.3) is 0 Å². The Hall–Kier alpha value is -2.72. The number of H-pyrrole nitrogens is 1. The van der Waals surface area contributed by atoms with Crippen LogP contribution in [0.2, 0.25) is 0 Å². The fourth-order valence-corrected chi connectivity index (χ4v) is 2.65. The second-order valence-electron chi connectivity index (χ2n) is 5.80. The first kappa shape index (κ1) is 18.1. The lowest BCUT2D eigenvalue weighted by Crippen LogP contribution is -2.50. The summed E-state index contributed by atoms with van der Waals surface area (Å²) in [7, 11) is 0. The highest BCUT2D eigenvalue weighted by molar-refractivity contribution is 7.98. The van der Waals surface area contributed by atoms with Gasteiger partial charge >= 0.3 is 0 Å². The summed E-state index contributed by atoms with van der Waals surface area (Å²) in [5.74, 6) is 0.578. The van der Waals surface area contributed by atoms with E-state index in [2.05, 4.69) is 46.5 Å². The van der Waals surface area contributed by atoms with E-state index in [1.807, 2.05) is 13.2 Å². The summed E-state index contributed by atoms with van der Waals surface area (Å²) in [6.45, 7) is 5.82. The van der Waals surface area contributed by atoms with Crippen molar-refractivity contribution in [1.29, 1.82) is 0 Å². The molecular weight excluding hydrogens is 350 g/mol. The van der Waals surface area contributed by atoms with Crippen molar-refractivity contribution >= 4 is 47.2 Å². The lowest BCUT2D eigenvalue weighted by atomic mass is 9.96. The number of aromatic nitrogens is 4. The summed E-state index contributed by atoms with van der Waals surface area (Å²) in [5, 5.41) is 0.754. The van der Waals surface area contributed by atoms with Crippen molar-refractivity contribution < 1.29 is 0 Å². The van der Waals surface area contributed by atoms with Crippen LogP contribution < -0.4 is 5.73 Å². The van der Waals surface area contributed by atoms with Crippen molar-refractivity contribution in [2.75, 3.05) is 6.26 Å². The van der Waals surface area contributed by atoms with Crippen LogP contribution in [-0.4, -0.2) is 56.1 Å². The molecule has 1 atom stereocenters. The summed E-state index contributed by atoms with van der Waals surface area (Å²) in [4.78, 5) is 31.5. The van der Waals surface area contributed by atoms with Gasteiger partial charge in [0.2, 0.25) is 0 Å². The van der Waals surface area contributed by atoms with Crippen LogP contribution in [0.4, 0.5) is 0 Å². The highest BCUT2D eigenvalue weighted by Crippen LogP contribution is 2.21. The largest absolute Gasteiger partial charge is 0.342 e. The minimum atomic E-state index is -0.785. The Morgan fingerprint density at radius 1 is 1.31 bits per heavy atom. The summed E-state index contributed by atoms with van der Waals surface area (Å²) < 4.78 is 0. The van der Waals surface area contributed by atoms with E-state index >= 15 is 0 Å². The van der Waals surface area contributed by atoms with Crippen LogP contribution in [0.15, 0.2) is 49.8 Å². The second kappa shape index (κ2) is 7.67. The summed E-state index contributed by atoms with van der Waals surface area (Å²) in [5.41, 5.74) is 8.72. The normalized spacial score (nSPS) is 20.3. The number of hydrogen-bond donors (Lipinski definition) is 2. The van der Waals surface area contributed by atoms with Crippen molar-refractivity contribution in [2.24, 2.45) is 25.7 Å². The predicted molar refractivity (Wildman–Crippen MR) is 106 cm³/mol. The maximum atomic E-state index is 6.16. The van der Waals surface area contributed by atoms with Crippen molar-refractivity contribution in [3.63, 3.8) is 0 Å². The first-order valence-corrected chi connectivity index (χ1v) is 9.10. The highest BCUT2D eigenvalue weighted by atomic mass is 32.2. The number of amidine groups is 1. The maximum Gasteiger partial charge on any atom is 0.189 e. The molecule has 4 rings (SSSR count). The quantitative estimate of drug-likeness (QED) is 0.483. The van der Waals surface area contributed by atoms with Crippen LogP contribution in [-0.2, 0) is 0 Å². The number of aliphatic imine (C=N–C) groups is 4. The van der Waals surface area contributed by atoms with E-state index in [0.29, 0.717) is 18.0 Å². The van der Waals surface area contributed by atoms with E-state index in [9.17, 15) is 0 Å². The molecule has 0 amide bonds. The first-order valence-electron chi connectivity index (χ1n) is 7.88. The van der Waals surface area contributed by atoms with Crippen molar-refractivity contribution in [1.82, 2.24) is 19.9 Å². The molecule has 1 unspecified atom stereocenters. The third kappa shape index (κ3) is 3.92. The van der Waals surface area contributed by atoms with Crippen LogP contribution in [0.3, 0.4) is 0 Å². The molecule has 3 N–H and O–H groups in total. The molecule has 0 spiro atoms. The third-order valence-electron chi connectivity index (χ3n) is 3.73. The fourth-order valence-electron chi connectivity index (χ4n) is 2.31. The van der Waals surface area contributed by atoms with Gasteiger partial charge in [0.1, 0.15) is 23.9 Å². The van der Waals surface area contributed by atoms with E-state index in [4.69, 9.17) is 5.73 Å². The van der Waals surface area contributed by atoms with Crippen LogP contribution in [0.1, 0.15) is 19.8 Å². The first-order chi connectivity index (χ1) is 12.5. The van der Waals surface area contributed by atoms with Gasteiger partial charge in [-0.15, -0.1) is 6.58 Å². The number of rotatable bonds is 4. The van der Waals surface area contributed by atoms with Crippen molar-refractivity contribution in [2.45, 2.75) is 30.6 Å². The molecule has 2 aromatic heterocycles. The zero-order valence-electron chi connectivity index (χ0n) is 14.5. The van der Waals surface area contributed by atoms with Gasteiger partial charge in [-0.1, -0.05) is 17.3 Å². The molecule has 10 heteroatoms. The molecular formula is C16H19N9S. The molecule has 134 valence electrons. The van der Waals surface area contributed by atoms with Gasteiger partial charge in [-0.3, -0.25) is 0 Å². The Balaban J connectivity index is 0.000000158. The molecule has 0 aliphatic carbocycles. The van der Waals surface area contributed by atoms with Gasteiger partial charge in [-0.05, 0) is 26.0 Å². The third-order valence-corrected chi connectivity index (χ3v) is 4.29. The fraction of sp³-hybridized carbons (Fsp3) is 0.312. The van der Waals surface area contributed by atoms with Gasteiger partial charge in [0.15, 0.2) is 22.3 Å². The van der Waals surface area contributed by atoms with Crippen LogP contribution in [0.5, 0.6) is 0 Å². The van der Waals surface area contributed by atoms with E-state index < -0.39 is 5.66 Å². The van der Waals surface area contributed by atoms with E-state index in [1.165, 1.54) is 24.4 Å². The lowest BCUT2D eigenvalue weighted by molar-refractivity contribution is 0.547. The maximum absolute atomic E-state index is 6.16. The molecule has 0 saturated heterocycles. The molecule has 4 heterocycles. The Morgan fingerprint density at radius 2 is 2.15 bits per heavy atom. The number of allylic oxidation sites excluding steroid dienone is 1. The molecule has 2 aliphatic rings. The number of hydrogen-bond acceptors (Lipinski definition) is 9. The van der Waals surface area contributed by atoms with E-state index in [-0.39, 0.29) is 0 Å². The summed E-state index contributed by atoms with van der Waals surface area (Å²) in [6.07, 6.45) is 9.71. The Kier molecular flexibility index (Phi) is 5.33. The number of nitrogens with two attached hydrogens (primary N) is 1. The van der Waals surface area contributed by atoms with Crippen LogP contribution in [0.25, 0.3) is 11.2 Å². The molecule has 0 bridgehead atoms. The van der Waals surface area contributed by atoms with E-state index in [0.717, 1.165) is 28.3 Å². The Bertz CT molecular complexity index is 940. The van der Waals surface area contributed by atoms with Gasteiger partial charge in [0, 0.05) is 0 Å². The molecule has 0 saturated carbocycles. The number of imidazole rings is 1. The van der Waals surface area contributed by atoms with Crippen molar-refractivity contribution in [3.8, 4) is 0 Å². The number of nitrogens with zero attached hydrogens (tertiary/aromatic N) is 7. The average molecular weight is 369 g/mol. The van der Waals surface area contributed by atoms with Crippen molar-refractivity contribution in [3.05, 3.63) is 24.7 Å². The van der Waals surface area contributed by atoms with Gasteiger partial charge in [-0.25, -0.2) is 34.9 Å². The zero-order chi connectivity index (χ0) is 18.6. The molecule has 26 heavy (non-hydrogen) atoms. The molecule has 0 radical (unpaired) electrons. The zero-order valence-corrected chi connectivity index (χ0v) is 15.4. The molecule has 9 nitrogen and oxygen atoms in total. The minimum absolute atomic E-state index is 0.578. The number of fused-ring (bicyclic) bond motifs is 2. The topological polar surface area (TPSA) is 130 Å². The second-order valence-corrected chi connectivity index (χ2v) is 6.57. The molecule has 2 aromatic rings. The number of aromatic amines is 1. The predicted octanol–water partition coefficient (Wildman–Crippen LogP) is 2.00. The summed E-state index contributed by atoms with van der Waals surface area (Å²) in [6, 6.07) is 0. The number of nitrogens with one attached hydrogen (secondary N) is 1. The SMILES string of the molecule is C=C(C)CCC1(N)N=CN=C2N=CN=C21.CSc1ncc2[nH]cnc2n1. The monoisotopic (exact) mass is 369 g/mol. The average Bonchev–Trinajstić information content (AvgIpc) is 3.30. The molecule has 0 aromatic carbocycles. The van der Waals surface area contributed by atoms with Crippen LogP contribution >= 0.6 is 11.8 Å². The van der Waals surface area contributed by atoms with E-state index in [1.54, 1.807) is 12.5 Å². The minimum Gasteiger partial charge on any atom is -0.342 e. The highest BCUT2D eigenvalue weighted by Gasteiger charge is 2.36. The molecule has 2 aliphatic heterocycles. The van der Waals surface area contributed by atoms with Crippen LogP contribution in [0, 0.1) is 0 Å². The van der Waals surface area contributed by atoms with Gasteiger partial charge < -0.3 is 10.7 Å². The van der Waals surface area contributed by atoms with Gasteiger partial charge in [-0.2, -0.15) is 0 Å².